The zero-order valence-corrected chi connectivity index (χ0v) is 12.7. The quantitative estimate of drug-likeness (QED) is 0.849. The predicted octanol–water partition coefficient (Wildman–Crippen LogP) is 1.97. The molecule has 1 aromatic heterocycles. The highest BCUT2D eigenvalue weighted by Crippen LogP contribution is 2.20. The van der Waals surface area contributed by atoms with E-state index in [2.05, 4.69) is 6.07 Å². The van der Waals surface area contributed by atoms with E-state index in [1.807, 2.05) is 35.9 Å². The summed E-state index contributed by atoms with van der Waals surface area (Å²) in [6.07, 6.45) is 3.48. The Balaban J connectivity index is 2.22. The molecule has 2 N–H and O–H groups in total. The number of hydrogen-bond donors (Lipinski definition) is 1. The van der Waals surface area contributed by atoms with Crippen LogP contribution in [0.25, 0.3) is 10.9 Å². The van der Waals surface area contributed by atoms with Crippen molar-refractivity contribution in [1.82, 2.24) is 4.57 Å². The summed E-state index contributed by atoms with van der Waals surface area (Å²) in [6, 6.07) is 8.16. The molecule has 0 unspecified atom stereocenters. The normalized spacial score (nSPS) is 12.1. The van der Waals surface area contributed by atoms with Gasteiger partial charge in [0.1, 0.15) is 0 Å². The minimum atomic E-state index is -2.94. The fourth-order valence-corrected chi connectivity index (χ4v) is 3.81. The molecule has 0 spiro atoms. The molecule has 20 heavy (non-hydrogen) atoms. The van der Waals surface area contributed by atoms with E-state index in [0.717, 1.165) is 11.9 Å². The molecule has 0 aliphatic heterocycles. The minimum absolute atomic E-state index is 0.200. The first-order chi connectivity index (χ1) is 9.57. The summed E-state index contributed by atoms with van der Waals surface area (Å²) in [4.78, 5) is 0. The predicted molar refractivity (Wildman–Crippen MR) is 83.6 cm³/mol. The van der Waals surface area contributed by atoms with E-state index in [9.17, 15) is 8.42 Å². The summed E-state index contributed by atoms with van der Waals surface area (Å²) < 4.78 is 25.6. The third-order valence-electron chi connectivity index (χ3n) is 3.48. The number of aromatic nitrogens is 1. The Morgan fingerprint density at radius 2 is 2.00 bits per heavy atom. The summed E-state index contributed by atoms with van der Waals surface area (Å²) >= 11 is 0. The van der Waals surface area contributed by atoms with Gasteiger partial charge < -0.3 is 10.3 Å². The molecular formula is C15H22N2O2S. The van der Waals surface area contributed by atoms with E-state index in [0.29, 0.717) is 19.5 Å². The van der Waals surface area contributed by atoms with Gasteiger partial charge >= 0.3 is 0 Å². The zero-order valence-electron chi connectivity index (χ0n) is 11.9. The molecular weight excluding hydrogens is 272 g/mol. The lowest BCUT2D eigenvalue weighted by molar-refractivity contribution is 0.588. The molecule has 4 nitrogen and oxygen atoms in total. The molecule has 0 atom stereocenters. The number of aryl methyl sites for hydroxylation is 1. The van der Waals surface area contributed by atoms with Gasteiger partial charge in [0.2, 0.25) is 0 Å². The van der Waals surface area contributed by atoms with Crippen LogP contribution in [0.2, 0.25) is 0 Å². The Hall–Kier alpha value is -1.33. The van der Waals surface area contributed by atoms with Crippen LogP contribution < -0.4 is 5.73 Å². The Morgan fingerprint density at radius 1 is 1.20 bits per heavy atom. The average molecular weight is 294 g/mol. The van der Waals surface area contributed by atoms with Crippen molar-refractivity contribution in [3.63, 3.8) is 0 Å². The molecule has 0 amide bonds. The standard InChI is InChI=1S/C15H22N2O2S/c1-2-11-20(18,19)12-10-17-9-7-14-13(6-8-16)4-3-5-15(14)17/h3-5,7,9H,2,6,8,10-12,16H2,1H3. The van der Waals surface area contributed by atoms with Gasteiger partial charge in [0.15, 0.2) is 9.84 Å². The lowest BCUT2D eigenvalue weighted by Gasteiger charge is -2.07. The van der Waals surface area contributed by atoms with Crippen molar-refractivity contribution in [3.05, 3.63) is 36.0 Å². The summed E-state index contributed by atoms with van der Waals surface area (Å²) in [6.45, 7) is 3.02. The van der Waals surface area contributed by atoms with Gasteiger partial charge in [0, 0.05) is 29.4 Å². The van der Waals surface area contributed by atoms with Gasteiger partial charge in [0.05, 0.1) is 5.75 Å². The molecule has 2 aromatic rings. The highest BCUT2D eigenvalue weighted by Gasteiger charge is 2.11. The Bertz CT molecular complexity index is 674. The maximum absolute atomic E-state index is 11.8. The topological polar surface area (TPSA) is 65.1 Å². The Labute approximate surface area is 120 Å². The summed E-state index contributed by atoms with van der Waals surface area (Å²) in [7, 11) is -2.94. The highest BCUT2D eigenvalue weighted by molar-refractivity contribution is 7.91. The lowest BCUT2D eigenvalue weighted by atomic mass is 10.1. The molecule has 2 rings (SSSR count). The number of fused-ring (bicyclic) bond motifs is 1. The molecule has 0 fully saturated rings. The average Bonchev–Trinajstić information content (AvgIpc) is 2.81. The number of sulfone groups is 1. The number of hydrogen-bond acceptors (Lipinski definition) is 3. The molecule has 0 saturated heterocycles. The maximum atomic E-state index is 11.8. The van der Waals surface area contributed by atoms with Crippen molar-refractivity contribution in [3.8, 4) is 0 Å². The first-order valence-electron chi connectivity index (χ1n) is 7.04. The second kappa shape index (κ2) is 6.41. The van der Waals surface area contributed by atoms with E-state index >= 15 is 0 Å². The van der Waals surface area contributed by atoms with Crippen molar-refractivity contribution in [2.24, 2.45) is 5.73 Å². The SMILES string of the molecule is CCCS(=O)(=O)CCn1ccc2c(CCN)cccc21. The van der Waals surface area contributed by atoms with Gasteiger partial charge in [-0.25, -0.2) is 8.42 Å². The van der Waals surface area contributed by atoms with E-state index in [1.165, 1.54) is 10.9 Å². The van der Waals surface area contributed by atoms with E-state index < -0.39 is 9.84 Å². The molecule has 110 valence electrons. The smallest absolute Gasteiger partial charge is 0.152 e. The first-order valence-corrected chi connectivity index (χ1v) is 8.87. The van der Waals surface area contributed by atoms with E-state index in [1.54, 1.807) is 0 Å². The van der Waals surface area contributed by atoms with Crippen LogP contribution in [0.5, 0.6) is 0 Å². The van der Waals surface area contributed by atoms with Crippen LogP contribution in [0.3, 0.4) is 0 Å². The van der Waals surface area contributed by atoms with Gasteiger partial charge in [-0.2, -0.15) is 0 Å². The fourth-order valence-electron chi connectivity index (χ4n) is 2.51. The summed E-state index contributed by atoms with van der Waals surface area (Å²) in [5.41, 5.74) is 7.93. The minimum Gasteiger partial charge on any atom is -0.346 e. The van der Waals surface area contributed by atoms with Crippen LogP contribution in [0.15, 0.2) is 30.5 Å². The van der Waals surface area contributed by atoms with Crippen molar-refractivity contribution in [2.45, 2.75) is 26.3 Å². The number of rotatable bonds is 7. The van der Waals surface area contributed by atoms with Crippen LogP contribution in [0.1, 0.15) is 18.9 Å². The molecule has 0 saturated carbocycles. The molecule has 1 heterocycles. The lowest BCUT2D eigenvalue weighted by Crippen LogP contribution is -2.15. The molecule has 0 bridgehead atoms. The van der Waals surface area contributed by atoms with Crippen LogP contribution in [0, 0.1) is 0 Å². The van der Waals surface area contributed by atoms with E-state index in [-0.39, 0.29) is 11.5 Å². The second-order valence-electron chi connectivity index (χ2n) is 5.05. The number of nitrogens with two attached hydrogens (primary N) is 1. The van der Waals surface area contributed by atoms with Gasteiger partial charge in [-0.1, -0.05) is 19.1 Å². The molecule has 0 radical (unpaired) electrons. The molecule has 1 aromatic carbocycles. The van der Waals surface area contributed by atoms with Crippen LogP contribution in [-0.2, 0) is 22.8 Å². The third-order valence-corrected chi connectivity index (χ3v) is 5.31. The monoisotopic (exact) mass is 294 g/mol. The van der Waals surface area contributed by atoms with Gasteiger partial charge in [-0.05, 0) is 37.1 Å². The van der Waals surface area contributed by atoms with Gasteiger partial charge in [0.25, 0.3) is 0 Å². The Morgan fingerprint density at radius 3 is 2.70 bits per heavy atom. The first kappa shape index (κ1) is 15.1. The number of benzene rings is 1. The van der Waals surface area contributed by atoms with E-state index in [4.69, 9.17) is 5.73 Å². The van der Waals surface area contributed by atoms with Crippen molar-refractivity contribution in [2.75, 3.05) is 18.1 Å². The fraction of sp³-hybridized carbons (Fsp3) is 0.467. The largest absolute Gasteiger partial charge is 0.346 e. The van der Waals surface area contributed by atoms with Crippen LogP contribution in [0.4, 0.5) is 0 Å². The summed E-state index contributed by atoms with van der Waals surface area (Å²) in [5.74, 6) is 0.469. The second-order valence-corrected chi connectivity index (χ2v) is 7.35. The molecule has 5 heteroatoms. The van der Waals surface area contributed by atoms with Crippen LogP contribution >= 0.6 is 0 Å². The van der Waals surface area contributed by atoms with Gasteiger partial charge in [-0.3, -0.25) is 0 Å². The summed E-state index contributed by atoms with van der Waals surface area (Å²) in [5, 5.41) is 1.17. The van der Waals surface area contributed by atoms with Crippen LogP contribution in [-0.4, -0.2) is 31.0 Å². The third kappa shape index (κ3) is 3.41. The van der Waals surface area contributed by atoms with Crippen molar-refractivity contribution < 1.29 is 8.42 Å². The van der Waals surface area contributed by atoms with Crippen molar-refractivity contribution in [1.29, 1.82) is 0 Å². The Kier molecular flexibility index (Phi) is 4.83. The number of nitrogens with zero attached hydrogens (tertiary/aromatic N) is 1. The van der Waals surface area contributed by atoms with Crippen molar-refractivity contribution >= 4 is 20.7 Å². The molecule has 0 aliphatic carbocycles. The maximum Gasteiger partial charge on any atom is 0.152 e. The molecule has 0 aliphatic rings. The zero-order chi connectivity index (χ0) is 14.6. The highest BCUT2D eigenvalue weighted by atomic mass is 32.2. The van der Waals surface area contributed by atoms with Gasteiger partial charge in [-0.15, -0.1) is 0 Å².